The van der Waals surface area contributed by atoms with Crippen LogP contribution in [-0.4, -0.2) is 17.7 Å². The maximum atomic E-state index is 11.9. The predicted octanol–water partition coefficient (Wildman–Crippen LogP) is 2.90. The van der Waals surface area contributed by atoms with Crippen molar-refractivity contribution in [1.29, 1.82) is 0 Å². The lowest BCUT2D eigenvalue weighted by Crippen LogP contribution is -2.32. The van der Waals surface area contributed by atoms with Gasteiger partial charge in [-0.25, -0.2) is 0 Å². The zero-order chi connectivity index (χ0) is 12.3. The van der Waals surface area contributed by atoms with E-state index in [9.17, 15) is 22.8 Å². The second-order valence-corrected chi connectivity index (χ2v) is 4.15. The Labute approximate surface area is 86.8 Å². The van der Waals surface area contributed by atoms with E-state index in [0.717, 1.165) is 0 Å². The maximum absolute atomic E-state index is 11.9. The molecule has 88 valence electrons. The molecule has 0 saturated carbocycles. The molecule has 0 aliphatic rings. The van der Waals surface area contributed by atoms with E-state index in [-0.39, 0.29) is 0 Å². The third-order valence-corrected chi connectivity index (χ3v) is 2.27. The average molecular weight is 224 g/mol. The van der Waals surface area contributed by atoms with Gasteiger partial charge in [-0.15, -0.1) is 0 Å². The van der Waals surface area contributed by atoms with Crippen LogP contribution in [0.4, 0.5) is 13.2 Å². The lowest BCUT2D eigenvalue weighted by Gasteiger charge is -2.21. The molecule has 0 heterocycles. The summed E-state index contributed by atoms with van der Waals surface area (Å²) in [5.41, 5.74) is -0.852. The standard InChI is InChI=1S/C10H15F3O2/c1-4-5-9(2,3)7(14)6-8(15)10(11,12)13/h4-6H2,1-3H3. The van der Waals surface area contributed by atoms with E-state index in [0.29, 0.717) is 12.8 Å². The Bertz CT molecular complexity index is 254. The molecule has 0 rings (SSSR count). The van der Waals surface area contributed by atoms with Gasteiger partial charge in [-0.2, -0.15) is 13.2 Å². The number of ketones is 2. The molecular weight excluding hydrogens is 209 g/mol. The molecule has 0 atom stereocenters. The minimum Gasteiger partial charge on any atom is -0.299 e. The fourth-order valence-corrected chi connectivity index (χ4v) is 1.25. The Morgan fingerprint density at radius 3 is 1.87 bits per heavy atom. The summed E-state index contributed by atoms with van der Waals surface area (Å²) in [7, 11) is 0. The molecule has 0 radical (unpaired) electrons. The number of alkyl halides is 3. The third kappa shape index (κ3) is 4.44. The Balaban J connectivity index is 4.44. The molecule has 0 amide bonds. The van der Waals surface area contributed by atoms with Gasteiger partial charge in [-0.1, -0.05) is 27.2 Å². The molecule has 2 nitrogen and oxygen atoms in total. The van der Waals surface area contributed by atoms with Gasteiger partial charge in [0.05, 0.1) is 6.42 Å². The van der Waals surface area contributed by atoms with Crippen molar-refractivity contribution in [3.8, 4) is 0 Å². The van der Waals surface area contributed by atoms with Crippen LogP contribution in [0.2, 0.25) is 0 Å². The van der Waals surface area contributed by atoms with Gasteiger partial charge in [-0.05, 0) is 6.42 Å². The Morgan fingerprint density at radius 1 is 1.07 bits per heavy atom. The summed E-state index contributed by atoms with van der Waals surface area (Å²) in [6, 6.07) is 0. The molecule has 0 fully saturated rings. The first-order valence-electron chi connectivity index (χ1n) is 4.74. The van der Waals surface area contributed by atoms with E-state index in [1.807, 2.05) is 6.92 Å². The maximum Gasteiger partial charge on any atom is 0.450 e. The molecule has 0 aliphatic heterocycles. The molecule has 0 unspecified atom stereocenters. The molecule has 0 N–H and O–H groups in total. The highest BCUT2D eigenvalue weighted by atomic mass is 19.4. The van der Waals surface area contributed by atoms with Gasteiger partial charge in [0.1, 0.15) is 5.78 Å². The van der Waals surface area contributed by atoms with Crippen LogP contribution in [0.25, 0.3) is 0 Å². The minimum absolute atomic E-state index is 0.483. The van der Waals surface area contributed by atoms with E-state index in [1.54, 1.807) is 13.8 Å². The molecule has 15 heavy (non-hydrogen) atoms. The molecular formula is C10H15F3O2. The van der Waals surface area contributed by atoms with E-state index < -0.39 is 29.6 Å². The second kappa shape index (κ2) is 4.77. The molecule has 0 aromatic heterocycles. The molecule has 0 saturated heterocycles. The molecule has 5 heteroatoms. The largest absolute Gasteiger partial charge is 0.450 e. The summed E-state index contributed by atoms with van der Waals surface area (Å²) in [5, 5.41) is 0. The quantitative estimate of drug-likeness (QED) is 0.673. The van der Waals surface area contributed by atoms with Crippen molar-refractivity contribution in [2.75, 3.05) is 0 Å². The van der Waals surface area contributed by atoms with Crippen molar-refractivity contribution in [3.63, 3.8) is 0 Å². The van der Waals surface area contributed by atoms with Crippen molar-refractivity contribution in [2.24, 2.45) is 5.41 Å². The Kier molecular flexibility index (Phi) is 4.49. The number of rotatable bonds is 5. The number of Topliss-reactive ketones (excluding diaryl/α,β-unsaturated/α-hetero) is 2. The zero-order valence-electron chi connectivity index (χ0n) is 9.07. The van der Waals surface area contributed by atoms with Crippen molar-refractivity contribution in [1.82, 2.24) is 0 Å². The summed E-state index contributed by atoms with van der Waals surface area (Å²) in [4.78, 5) is 22.0. The number of hydrogen-bond acceptors (Lipinski definition) is 2. The molecule has 0 bridgehead atoms. The SMILES string of the molecule is CCCC(C)(C)C(=O)CC(=O)C(F)(F)F. The highest BCUT2D eigenvalue weighted by molar-refractivity contribution is 6.03. The zero-order valence-corrected chi connectivity index (χ0v) is 9.07. The van der Waals surface area contributed by atoms with Crippen LogP contribution >= 0.6 is 0 Å². The van der Waals surface area contributed by atoms with E-state index in [2.05, 4.69) is 0 Å². The van der Waals surface area contributed by atoms with Crippen LogP contribution in [0.15, 0.2) is 0 Å². The Hall–Kier alpha value is -0.870. The van der Waals surface area contributed by atoms with Gasteiger partial charge >= 0.3 is 6.18 Å². The van der Waals surface area contributed by atoms with Gasteiger partial charge < -0.3 is 0 Å². The van der Waals surface area contributed by atoms with Crippen molar-refractivity contribution in [3.05, 3.63) is 0 Å². The van der Waals surface area contributed by atoms with Gasteiger partial charge in [-0.3, -0.25) is 9.59 Å². The number of halogens is 3. The summed E-state index contributed by atoms with van der Waals surface area (Å²) in [6.07, 6.45) is -4.77. The van der Waals surface area contributed by atoms with Gasteiger partial charge in [0.2, 0.25) is 5.78 Å². The lowest BCUT2D eigenvalue weighted by atomic mass is 9.81. The van der Waals surface area contributed by atoms with E-state index in [1.165, 1.54) is 0 Å². The van der Waals surface area contributed by atoms with Gasteiger partial charge in [0.25, 0.3) is 0 Å². The van der Waals surface area contributed by atoms with Crippen LogP contribution in [0.5, 0.6) is 0 Å². The predicted molar refractivity (Wildman–Crippen MR) is 49.4 cm³/mol. The molecule has 0 aromatic carbocycles. The topological polar surface area (TPSA) is 34.1 Å². The summed E-state index contributed by atoms with van der Waals surface area (Å²) in [6.45, 7) is 4.95. The second-order valence-electron chi connectivity index (χ2n) is 4.15. The monoisotopic (exact) mass is 224 g/mol. The van der Waals surface area contributed by atoms with Crippen LogP contribution < -0.4 is 0 Å². The fraction of sp³-hybridized carbons (Fsp3) is 0.800. The summed E-state index contributed by atoms with van der Waals surface area (Å²) >= 11 is 0. The number of hydrogen-bond donors (Lipinski definition) is 0. The third-order valence-electron chi connectivity index (χ3n) is 2.27. The first kappa shape index (κ1) is 14.1. The smallest absolute Gasteiger partial charge is 0.299 e. The minimum atomic E-state index is -4.90. The first-order valence-corrected chi connectivity index (χ1v) is 4.74. The van der Waals surface area contributed by atoms with Crippen LogP contribution in [0, 0.1) is 5.41 Å². The lowest BCUT2D eigenvalue weighted by molar-refractivity contribution is -0.172. The van der Waals surface area contributed by atoms with E-state index >= 15 is 0 Å². The first-order chi connectivity index (χ1) is 6.61. The number of carbonyl (C=O) groups excluding carboxylic acids is 2. The van der Waals surface area contributed by atoms with Crippen molar-refractivity contribution >= 4 is 11.6 Å². The normalized spacial score (nSPS) is 12.7. The van der Waals surface area contributed by atoms with Crippen molar-refractivity contribution < 1.29 is 22.8 Å². The van der Waals surface area contributed by atoms with E-state index in [4.69, 9.17) is 0 Å². The fourth-order valence-electron chi connectivity index (χ4n) is 1.25. The average Bonchev–Trinajstić information content (AvgIpc) is 2.01. The van der Waals surface area contributed by atoms with Gasteiger partial charge in [0, 0.05) is 5.41 Å². The number of carbonyl (C=O) groups is 2. The van der Waals surface area contributed by atoms with Crippen molar-refractivity contribution in [2.45, 2.75) is 46.2 Å². The van der Waals surface area contributed by atoms with Crippen LogP contribution in [-0.2, 0) is 9.59 Å². The van der Waals surface area contributed by atoms with Crippen LogP contribution in [0.3, 0.4) is 0 Å². The Morgan fingerprint density at radius 2 is 1.53 bits per heavy atom. The summed E-state index contributed by atoms with van der Waals surface area (Å²) in [5.74, 6) is -2.61. The highest BCUT2D eigenvalue weighted by Gasteiger charge is 2.41. The van der Waals surface area contributed by atoms with Crippen LogP contribution in [0.1, 0.15) is 40.0 Å². The summed E-state index contributed by atoms with van der Waals surface area (Å²) < 4.78 is 35.6. The highest BCUT2D eigenvalue weighted by Crippen LogP contribution is 2.27. The van der Waals surface area contributed by atoms with Gasteiger partial charge in [0.15, 0.2) is 0 Å². The molecule has 0 spiro atoms. The molecule has 0 aliphatic carbocycles. The molecule has 0 aromatic rings.